The number of carbonyl (C=O) groups excluding carboxylic acids is 2. The molecule has 0 unspecified atom stereocenters. The summed E-state index contributed by atoms with van der Waals surface area (Å²) in [6, 6.07) is 7.59. The van der Waals surface area contributed by atoms with Gasteiger partial charge < -0.3 is 24.3 Å². The predicted molar refractivity (Wildman–Crippen MR) is 122 cm³/mol. The van der Waals surface area contributed by atoms with Gasteiger partial charge in [-0.3, -0.25) is 4.79 Å². The van der Waals surface area contributed by atoms with Gasteiger partial charge in [0.2, 0.25) is 5.88 Å². The number of nitrogens with one attached hydrogen (secondary N) is 1. The zero-order valence-electron chi connectivity index (χ0n) is 19.6. The molecule has 2 aromatic heterocycles. The quantitative estimate of drug-likeness (QED) is 0.726. The Bertz CT molecular complexity index is 924. The predicted octanol–water partition coefficient (Wildman–Crippen LogP) is 4.17. The molecule has 32 heavy (non-hydrogen) atoms. The normalized spacial score (nSPS) is 15.0. The molecule has 1 fully saturated rings. The molecule has 2 aromatic rings. The van der Waals surface area contributed by atoms with E-state index >= 15 is 0 Å². The van der Waals surface area contributed by atoms with Crippen LogP contribution < -0.4 is 10.1 Å². The highest BCUT2D eigenvalue weighted by atomic mass is 16.6. The number of likely N-dealkylation sites (tertiary alicyclic amines) is 1. The molecule has 0 saturated carbocycles. The van der Waals surface area contributed by atoms with Gasteiger partial charge in [0, 0.05) is 43.6 Å². The van der Waals surface area contributed by atoms with Crippen LogP contribution in [-0.2, 0) is 11.3 Å². The summed E-state index contributed by atoms with van der Waals surface area (Å²) in [5, 5.41) is 2.98. The van der Waals surface area contributed by atoms with Crippen LogP contribution in [0, 0.1) is 0 Å². The van der Waals surface area contributed by atoms with Crippen molar-refractivity contribution in [2.24, 2.45) is 0 Å². The van der Waals surface area contributed by atoms with Gasteiger partial charge in [0.1, 0.15) is 11.3 Å². The minimum atomic E-state index is -0.506. The monoisotopic (exact) mass is 442 g/mol. The summed E-state index contributed by atoms with van der Waals surface area (Å²) in [4.78, 5) is 31.3. The second-order valence-electron chi connectivity index (χ2n) is 9.32. The van der Waals surface area contributed by atoms with Crippen LogP contribution in [-0.4, -0.2) is 51.2 Å². The average Bonchev–Trinajstić information content (AvgIpc) is 3.21. The number of amides is 2. The Morgan fingerprint density at radius 1 is 1.19 bits per heavy atom. The molecule has 174 valence electrons. The van der Waals surface area contributed by atoms with Crippen LogP contribution in [0.15, 0.2) is 36.7 Å². The van der Waals surface area contributed by atoms with E-state index in [0.717, 1.165) is 18.4 Å². The van der Waals surface area contributed by atoms with E-state index in [2.05, 4.69) is 10.3 Å². The molecular formula is C24H34N4O4. The van der Waals surface area contributed by atoms with Crippen LogP contribution in [0.4, 0.5) is 4.79 Å². The third-order valence-corrected chi connectivity index (χ3v) is 5.16. The van der Waals surface area contributed by atoms with Gasteiger partial charge in [-0.05, 0) is 65.7 Å². The van der Waals surface area contributed by atoms with E-state index in [0.29, 0.717) is 31.2 Å². The first-order chi connectivity index (χ1) is 15.1. The molecular weight excluding hydrogens is 408 g/mol. The number of rotatable bonds is 6. The van der Waals surface area contributed by atoms with Crippen molar-refractivity contribution in [3.8, 4) is 5.88 Å². The minimum Gasteiger partial charge on any atom is -0.475 e. The summed E-state index contributed by atoms with van der Waals surface area (Å²) in [5.41, 5.74) is 0.933. The average molecular weight is 443 g/mol. The third-order valence-electron chi connectivity index (χ3n) is 5.16. The van der Waals surface area contributed by atoms with E-state index in [1.54, 1.807) is 11.1 Å². The Balaban J connectivity index is 1.59. The minimum absolute atomic E-state index is 0.00290. The van der Waals surface area contributed by atoms with E-state index in [9.17, 15) is 9.59 Å². The van der Waals surface area contributed by atoms with Crippen molar-refractivity contribution in [1.82, 2.24) is 19.8 Å². The molecule has 0 bridgehead atoms. The Morgan fingerprint density at radius 3 is 2.56 bits per heavy atom. The standard InChI is InChI=1S/C24H34N4O4/c1-17(2)31-22-18(8-6-12-25-22)16-26-21(29)20-9-7-13-28(20)19-10-14-27(15-11-19)23(30)32-24(3,4)5/h6-9,12-13,17,19H,10-11,14-16H2,1-5H3,(H,26,29). The van der Waals surface area contributed by atoms with Crippen molar-refractivity contribution in [2.75, 3.05) is 13.1 Å². The summed E-state index contributed by atoms with van der Waals surface area (Å²) in [6.07, 6.45) is 4.87. The van der Waals surface area contributed by atoms with E-state index in [-0.39, 0.29) is 24.1 Å². The number of aromatic nitrogens is 2. The van der Waals surface area contributed by atoms with Crippen molar-refractivity contribution in [2.45, 2.75) is 71.8 Å². The van der Waals surface area contributed by atoms with Crippen molar-refractivity contribution in [3.05, 3.63) is 47.9 Å². The lowest BCUT2D eigenvalue weighted by Crippen LogP contribution is -2.42. The zero-order valence-corrected chi connectivity index (χ0v) is 19.6. The lowest BCUT2D eigenvalue weighted by atomic mass is 10.0. The fourth-order valence-electron chi connectivity index (χ4n) is 3.71. The van der Waals surface area contributed by atoms with Crippen LogP contribution in [0.25, 0.3) is 0 Å². The molecule has 0 aliphatic carbocycles. The van der Waals surface area contributed by atoms with Crippen LogP contribution in [0.3, 0.4) is 0 Å². The van der Waals surface area contributed by atoms with Gasteiger partial charge in [0.15, 0.2) is 0 Å². The molecule has 0 aromatic carbocycles. The van der Waals surface area contributed by atoms with Gasteiger partial charge in [0.25, 0.3) is 5.91 Å². The van der Waals surface area contributed by atoms with Crippen molar-refractivity contribution in [1.29, 1.82) is 0 Å². The van der Waals surface area contributed by atoms with Crippen LogP contribution >= 0.6 is 0 Å². The maximum atomic E-state index is 12.9. The maximum Gasteiger partial charge on any atom is 0.410 e. The summed E-state index contributed by atoms with van der Waals surface area (Å²) in [5.74, 6) is 0.386. The first-order valence-corrected chi connectivity index (χ1v) is 11.2. The number of piperidine rings is 1. The van der Waals surface area contributed by atoms with Crippen molar-refractivity contribution in [3.63, 3.8) is 0 Å². The molecule has 0 atom stereocenters. The fraction of sp³-hybridized carbons (Fsp3) is 0.542. The summed E-state index contributed by atoms with van der Waals surface area (Å²) in [6.45, 7) is 11.0. The van der Waals surface area contributed by atoms with Crippen LogP contribution in [0.2, 0.25) is 0 Å². The lowest BCUT2D eigenvalue weighted by molar-refractivity contribution is 0.0187. The number of hydrogen-bond acceptors (Lipinski definition) is 5. The molecule has 1 aliphatic heterocycles. The smallest absolute Gasteiger partial charge is 0.410 e. The molecule has 8 nitrogen and oxygen atoms in total. The Hall–Kier alpha value is -3.03. The van der Waals surface area contributed by atoms with Gasteiger partial charge >= 0.3 is 6.09 Å². The Morgan fingerprint density at radius 2 is 1.91 bits per heavy atom. The molecule has 3 heterocycles. The Labute approximate surface area is 189 Å². The summed E-state index contributed by atoms with van der Waals surface area (Å²) >= 11 is 0. The van der Waals surface area contributed by atoms with Crippen molar-refractivity contribution >= 4 is 12.0 Å². The molecule has 1 aliphatic rings. The maximum absolute atomic E-state index is 12.9. The van der Waals surface area contributed by atoms with Gasteiger partial charge in [-0.25, -0.2) is 9.78 Å². The van der Waals surface area contributed by atoms with Crippen LogP contribution in [0.5, 0.6) is 5.88 Å². The summed E-state index contributed by atoms with van der Waals surface area (Å²) in [7, 11) is 0. The first-order valence-electron chi connectivity index (χ1n) is 11.2. The van der Waals surface area contributed by atoms with E-state index in [1.807, 2.05) is 69.6 Å². The largest absolute Gasteiger partial charge is 0.475 e. The van der Waals surface area contributed by atoms with E-state index in [1.165, 1.54) is 0 Å². The third kappa shape index (κ3) is 6.24. The van der Waals surface area contributed by atoms with E-state index < -0.39 is 5.60 Å². The van der Waals surface area contributed by atoms with Gasteiger partial charge in [-0.1, -0.05) is 6.07 Å². The topological polar surface area (TPSA) is 85.7 Å². The highest BCUT2D eigenvalue weighted by molar-refractivity contribution is 5.92. The highest BCUT2D eigenvalue weighted by Crippen LogP contribution is 2.26. The molecule has 0 radical (unpaired) electrons. The number of ether oxygens (including phenoxy) is 2. The van der Waals surface area contributed by atoms with Gasteiger partial charge in [-0.15, -0.1) is 0 Å². The number of nitrogens with zero attached hydrogens (tertiary/aromatic N) is 3. The van der Waals surface area contributed by atoms with Crippen LogP contribution in [0.1, 0.15) is 69.6 Å². The molecule has 1 saturated heterocycles. The fourth-order valence-corrected chi connectivity index (χ4v) is 3.71. The molecule has 1 N–H and O–H groups in total. The lowest BCUT2D eigenvalue weighted by Gasteiger charge is -2.34. The zero-order chi connectivity index (χ0) is 23.3. The second kappa shape index (κ2) is 10.1. The highest BCUT2D eigenvalue weighted by Gasteiger charge is 2.28. The number of hydrogen-bond donors (Lipinski definition) is 1. The molecule has 0 spiro atoms. The van der Waals surface area contributed by atoms with Gasteiger partial charge in [0.05, 0.1) is 6.10 Å². The number of pyridine rings is 1. The van der Waals surface area contributed by atoms with Crippen molar-refractivity contribution < 1.29 is 19.1 Å². The van der Waals surface area contributed by atoms with Gasteiger partial charge in [-0.2, -0.15) is 0 Å². The molecule has 8 heteroatoms. The number of carbonyl (C=O) groups is 2. The molecule has 3 rings (SSSR count). The second-order valence-corrected chi connectivity index (χ2v) is 9.32. The first kappa shape index (κ1) is 23.6. The summed E-state index contributed by atoms with van der Waals surface area (Å²) < 4.78 is 13.2. The SMILES string of the molecule is CC(C)Oc1ncccc1CNC(=O)c1cccn1C1CCN(C(=O)OC(C)(C)C)CC1. The van der Waals surface area contributed by atoms with E-state index in [4.69, 9.17) is 9.47 Å². The Kier molecular flexibility index (Phi) is 7.43. The molecule has 2 amide bonds.